The van der Waals surface area contributed by atoms with Crippen molar-refractivity contribution >= 4 is 106 Å². The van der Waals surface area contributed by atoms with Crippen LogP contribution in [0.4, 0.5) is 9.59 Å². The second-order valence-electron chi connectivity index (χ2n) is 14.8. The average Bonchev–Trinajstić information content (AvgIpc) is 3.81. The number of hydrogen-bond donors (Lipinski definition) is 0. The van der Waals surface area contributed by atoms with Gasteiger partial charge in [0.15, 0.2) is 0 Å². The summed E-state index contributed by atoms with van der Waals surface area (Å²) in [6.07, 6.45) is 6.16. The Hall–Kier alpha value is -5.71. The summed E-state index contributed by atoms with van der Waals surface area (Å²) in [5.74, 6) is -0.594. The number of carbonyl (C=O) groups is 6. The molecule has 14 nitrogen and oxygen atoms in total. The quantitative estimate of drug-likeness (QED) is 0.198. The first-order valence-corrected chi connectivity index (χ1v) is 21.9. The van der Waals surface area contributed by atoms with Gasteiger partial charge >= 0.3 is 12.1 Å². The molecule has 8 amide bonds. The first-order valence-electron chi connectivity index (χ1n) is 19.6. The molecule has 19 heteroatoms. The van der Waals surface area contributed by atoms with Crippen molar-refractivity contribution in [1.82, 2.24) is 19.6 Å². The van der Waals surface area contributed by atoms with Crippen LogP contribution in [0.1, 0.15) is 25.0 Å². The van der Waals surface area contributed by atoms with Gasteiger partial charge in [-0.1, -0.05) is 70.3 Å². The van der Waals surface area contributed by atoms with E-state index >= 15 is 0 Å². The van der Waals surface area contributed by atoms with Gasteiger partial charge in [0.05, 0.1) is 41.5 Å². The standard InChI is InChI=1S/C44H34Cl4N8O6S/c1-23(57)53-11-15-55(16-12-53)37(59)9-5-25-3-7-35(41(47)39(25)27-19-31-33(21-29(27)45)51-43(61)49-31)63-36-8-4-26(6-10-38(60)56-17-13-54(14-18-56)24(2)58)40(42(36)48)28-20-32-34(22-30(28)46)52-44(62)50-32/h3-10,19-22H,11-18H2,1-2H3/b9-5+,10-6+. The topological polar surface area (TPSA) is 165 Å². The normalized spacial score (nSPS) is 15.9. The van der Waals surface area contributed by atoms with Gasteiger partial charge in [0.1, 0.15) is 0 Å². The molecule has 0 aliphatic carbocycles. The summed E-state index contributed by atoms with van der Waals surface area (Å²) in [5.41, 5.74) is 2.85. The molecule has 0 atom stereocenters. The van der Waals surface area contributed by atoms with E-state index in [0.29, 0.717) is 117 Å². The lowest BCUT2D eigenvalue weighted by Gasteiger charge is -2.33. The van der Waals surface area contributed by atoms with Crippen LogP contribution < -0.4 is 21.4 Å². The van der Waals surface area contributed by atoms with E-state index in [9.17, 15) is 28.8 Å². The summed E-state index contributed by atoms with van der Waals surface area (Å²) < 4.78 is 0. The van der Waals surface area contributed by atoms with Gasteiger partial charge in [-0.15, -0.1) is 0 Å². The predicted octanol–water partition coefficient (Wildman–Crippen LogP) is 5.94. The second kappa shape index (κ2) is 18.2. The molecule has 63 heavy (non-hydrogen) atoms. The van der Waals surface area contributed by atoms with Crippen molar-refractivity contribution in [2.45, 2.75) is 23.6 Å². The number of rotatable bonds is 8. The van der Waals surface area contributed by atoms with Crippen molar-refractivity contribution in [2.24, 2.45) is 20.0 Å². The Balaban J connectivity index is 1.18. The van der Waals surface area contributed by atoms with E-state index in [-0.39, 0.29) is 43.7 Å². The zero-order valence-electron chi connectivity index (χ0n) is 33.5. The van der Waals surface area contributed by atoms with Gasteiger partial charge in [0.25, 0.3) is 0 Å². The smallest absolute Gasteiger partial charge is 0.339 e. The SMILES string of the molecule is CC(=O)N1CCN(C(=O)/C=C/c2ccc(Sc3ccc(/C=C/C(=O)N4CCN(C(C)=O)CC4)c(-c4cc5c(cc4Cl)=NC(=O)N=5)c3Cl)c(Cl)c2-c2cc3c(cc2Cl)=NC(=O)N=3)CC1. The number of carbonyl (C=O) groups excluding carboxylic acids is 6. The molecule has 0 N–H and O–H groups in total. The minimum absolute atomic E-state index is 0.0469. The maximum atomic E-state index is 13.4. The zero-order chi connectivity index (χ0) is 44.7. The van der Waals surface area contributed by atoms with Crippen LogP contribution in [0, 0.1) is 0 Å². The lowest BCUT2D eigenvalue weighted by atomic mass is 9.98. The van der Waals surface area contributed by atoms with E-state index in [2.05, 4.69) is 20.0 Å². The average molecular weight is 945 g/mol. The molecule has 0 radical (unpaired) electrons. The molecule has 0 spiro atoms. The molecule has 320 valence electrons. The third kappa shape index (κ3) is 9.20. The van der Waals surface area contributed by atoms with Crippen LogP contribution in [0.5, 0.6) is 0 Å². The number of fused-ring (bicyclic) bond motifs is 2. The molecule has 2 fully saturated rings. The predicted molar refractivity (Wildman–Crippen MR) is 239 cm³/mol. The van der Waals surface area contributed by atoms with Crippen LogP contribution in [-0.2, 0) is 19.2 Å². The molecule has 4 aromatic carbocycles. The van der Waals surface area contributed by atoms with Crippen molar-refractivity contribution in [1.29, 1.82) is 0 Å². The number of hydrogen-bond acceptors (Lipinski definition) is 7. The van der Waals surface area contributed by atoms with Crippen molar-refractivity contribution in [3.05, 3.63) is 113 Å². The highest BCUT2D eigenvalue weighted by atomic mass is 35.5. The highest BCUT2D eigenvalue weighted by molar-refractivity contribution is 7.99. The lowest BCUT2D eigenvalue weighted by molar-refractivity contribution is -0.135. The summed E-state index contributed by atoms with van der Waals surface area (Å²) in [6, 6.07) is 12.1. The highest BCUT2D eigenvalue weighted by Crippen LogP contribution is 2.47. The van der Waals surface area contributed by atoms with Crippen LogP contribution in [-0.4, -0.2) is 108 Å². The number of urea groups is 2. The molecule has 0 aromatic heterocycles. The maximum absolute atomic E-state index is 13.4. The number of piperazine rings is 2. The summed E-state index contributed by atoms with van der Waals surface area (Å²) >= 11 is 29.6. The van der Waals surface area contributed by atoms with E-state index in [4.69, 9.17) is 46.4 Å². The Morgan fingerprint density at radius 2 is 0.857 bits per heavy atom. The van der Waals surface area contributed by atoms with Crippen LogP contribution >= 0.6 is 58.2 Å². The van der Waals surface area contributed by atoms with Gasteiger partial charge in [-0.2, -0.15) is 20.0 Å². The van der Waals surface area contributed by atoms with Gasteiger partial charge in [0, 0.05) is 110 Å². The molecule has 2 saturated heterocycles. The monoisotopic (exact) mass is 942 g/mol. The Morgan fingerprint density at radius 3 is 1.21 bits per heavy atom. The van der Waals surface area contributed by atoms with E-state index < -0.39 is 12.1 Å². The Kier molecular flexibility index (Phi) is 12.7. The van der Waals surface area contributed by atoms with Crippen LogP contribution in [0.3, 0.4) is 0 Å². The zero-order valence-corrected chi connectivity index (χ0v) is 37.4. The fourth-order valence-electron chi connectivity index (χ4n) is 7.57. The van der Waals surface area contributed by atoms with Crippen molar-refractivity contribution < 1.29 is 28.8 Å². The van der Waals surface area contributed by atoms with E-state index in [1.54, 1.807) is 68.1 Å². The van der Waals surface area contributed by atoms with Gasteiger partial charge in [-0.25, -0.2) is 9.59 Å². The molecule has 4 aromatic rings. The number of nitrogens with zero attached hydrogens (tertiary/aromatic N) is 8. The van der Waals surface area contributed by atoms with Gasteiger partial charge in [-0.3, -0.25) is 19.2 Å². The minimum atomic E-state index is -0.664. The summed E-state index contributed by atoms with van der Waals surface area (Å²) in [4.78, 5) is 98.4. The third-order valence-corrected chi connectivity index (χ3v) is 13.7. The third-order valence-electron chi connectivity index (χ3n) is 10.9. The molecule has 0 bridgehead atoms. The van der Waals surface area contributed by atoms with E-state index in [1.807, 2.05) is 0 Å². The van der Waals surface area contributed by atoms with Crippen LogP contribution in [0.15, 0.2) is 90.4 Å². The lowest BCUT2D eigenvalue weighted by Crippen LogP contribution is -2.49. The summed E-state index contributed by atoms with van der Waals surface area (Å²) in [6.45, 7) is 6.25. The molecular weight excluding hydrogens is 910 g/mol. The summed E-state index contributed by atoms with van der Waals surface area (Å²) in [5, 5.41) is 2.22. The Bertz CT molecular complexity index is 2820. The van der Waals surface area contributed by atoms with Crippen LogP contribution in [0.25, 0.3) is 34.4 Å². The van der Waals surface area contributed by atoms with Crippen molar-refractivity contribution in [3.8, 4) is 22.3 Å². The molecule has 0 unspecified atom stereocenters. The second-order valence-corrected chi connectivity index (χ2v) is 17.4. The van der Waals surface area contributed by atoms with E-state index in [0.717, 1.165) is 0 Å². The number of amides is 8. The summed E-state index contributed by atoms with van der Waals surface area (Å²) in [7, 11) is 0. The highest BCUT2D eigenvalue weighted by Gasteiger charge is 2.25. The largest absolute Gasteiger partial charge is 0.368 e. The van der Waals surface area contributed by atoms with Gasteiger partial charge in [0.2, 0.25) is 23.6 Å². The maximum Gasteiger partial charge on any atom is 0.368 e. The fraction of sp³-hybridized carbons (Fsp3) is 0.227. The fourth-order valence-corrected chi connectivity index (χ4v) is 9.74. The number of halogens is 4. The first kappa shape index (κ1) is 43.9. The van der Waals surface area contributed by atoms with Crippen LogP contribution in [0.2, 0.25) is 20.1 Å². The molecule has 8 rings (SSSR count). The molecule has 0 saturated carbocycles. The molecule has 4 aliphatic heterocycles. The van der Waals surface area contributed by atoms with Gasteiger partial charge in [-0.05, 0) is 59.7 Å². The van der Waals surface area contributed by atoms with Crippen molar-refractivity contribution in [3.63, 3.8) is 0 Å². The Labute approximate surface area is 383 Å². The van der Waals surface area contributed by atoms with Crippen molar-refractivity contribution in [2.75, 3.05) is 52.4 Å². The minimum Gasteiger partial charge on any atom is -0.339 e. The Morgan fingerprint density at radius 1 is 0.524 bits per heavy atom. The van der Waals surface area contributed by atoms with E-state index in [1.165, 1.54) is 49.9 Å². The molecular formula is C44H34Cl4N8O6S. The molecule has 4 aliphatic rings. The first-order chi connectivity index (χ1) is 30.1. The van der Waals surface area contributed by atoms with Gasteiger partial charge < -0.3 is 19.6 Å². The molecule has 4 heterocycles. The number of benzene rings is 4.